The third kappa shape index (κ3) is 3.16. The fourth-order valence-electron chi connectivity index (χ4n) is 1.67. The number of anilines is 1. The molecule has 4 heteroatoms. The van der Waals surface area contributed by atoms with Crippen LogP contribution in [0.5, 0.6) is 17.2 Å². The van der Waals surface area contributed by atoms with Crippen molar-refractivity contribution in [3.8, 4) is 17.2 Å². The molecule has 2 rings (SSSR count). The van der Waals surface area contributed by atoms with Crippen LogP contribution in [0.15, 0.2) is 36.5 Å². The van der Waals surface area contributed by atoms with Crippen LogP contribution in [0.3, 0.4) is 0 Å². The number of aryl methyl sites for hydroxylation is 1. The molecule has 0 aliphatic heterocycles. The zero-order valence-electron chi connectivity index (χ0n) is 11.4. The number of hydrogen-bond donors (Lipinski definition) is 1. The van der Waals surface area contributed by atoms with Gasteiger partial charge in [-0.05, 0) is 45.0 Å². The zero-order chi connectivity index (χ0) is 13.8. The van der Waals surface area contributed by atoms with E-state index in [9.17, 15) is 0 Å². The number of para-hydroxylation sites is 1. The van der Waals surface area contributed by atoms with Gasteiger partial charge in [0.1, 0.15) is 17.2 Å². The molecule has 0 saturated carbocycles. The molecule has 1 aromatic heterocycles. The monoisotopic (exact) mass is 258 g/mol. The molecular formula is C15H18N2O2. The van der Waals surface area contributed by atoms with Gasteiger partial charge in [0, 0.05) is 6.20 Å². The Kier molecular flexibility index (Phi) is 3.90. The lowest BCUT2D eigenvalue weighted by molar-refractivity contribution is 0.243. The van der Waals surface area contributed by atoms with E-state index < -0.39 is 0 Å². The van der Waals surface area contributed by atoms with Crippen molar-refractivity contribution in [2.75, 3.05) is 5.73 Å². The molecule has 0 amide bonds. The van der Waals surface area contributed by atoms with E-state index in [2.05, 4.69) is 4.98 Å². The van der Waals surface area contributed by atoms with E-state index in [0.717, 1.165) is 5.69 Å². The summed E-state index contributed by atoms with van der Waals surface area (Å²) in [5.41, 5.74) is 7.38. The molecular weight excluding hydrogens is 240 g/mol. The average molecular weight is 258 g/mol. The van der Waals surface area contributed by atoms with Crippen LogP contribution in [-0.2, 0) is 0 Å². The average Bonchev–Trinajstić information content (AvgIpc) is 2.36. The first kappa shape index (κ1) is 13.2. The van der Waals surface area contributed by atoms with Crippen molar-refractivity contribution in [2.24, 2.45) is 0 Å². The van der Waals surface area contributed by atoms with Gasteiger partial charge in [-0.3, -0.25) is 4.98 Å². The molecule has 0 fully saturated rings. The van der Waals surface area contributed by atoms with Crippen molar-refractivity contribution >= 4 is 5.69 Å². The Morgan fingerprint density at radius 1 is 1.05 bits per heavy atom. The van der Waals surface area contributed by atoms with Crippen molar-refractivity contribution in [1.82, 2.24) is 4.98 Å². The lowest BCUT2D eigenvalue weighted by atomic mass is 10.2. The van der Waals surface area contributed by atoms with Gasteiger partial charge in [-0.25, -0.2) is 0 Å². The summed E-state index contributed by atoms with van der Waals surface area (Å²) in [6.45, 7) is 5.80. The first-order valence-electron chi connectivity index (χ1n) is 6.22. The maximum Gasteiger partial charge on any atom is 0.154 e. The molecule has 1 heterocycles. The van der Waals surface area contributed by atoms with Gasteiger partial charge in [-0.2, -0.15) is 0 Å². The van der Waals surface area contributed by atoms with Crippen LogP contribution in [0.4, 0.5) is 5.69 Å². The van der Waals surface area contributed by atoms with Crippen LogP contribution in [0.25, 0.3) is 0 Å². The van der Waals surface area contributed by atoms with Gasteiger partial charge in [-0.15, -0.1) is 0 Å². The van der Waals surface area contributed by atoms with E-state index in [1.54, 1.807) is 6.20 Å². The second-order valence-electron chi connectivity index (χ2n) is 4.52. The number of hydrogen-bond acceptors (Lipinski definition) is 4. The van der Waals surface area contributed by atoms with Crippen molar-refractivity contribution in [3.63, 3.8) is 0 Å². The minimum absolute atomic E-state index is 0.0673. The van der Waals surface area contributed by atoms with Gasteiger partial charge in [0.15, 0.2) is 5.75 Å². The second-order valence-corrected chi connectivity index (χ2v) is 4.52. The van der Waals surface area contributed by atoms with Gasteiger partial charge in [-0.1, -0.05) is 6.07 Å². The molecule has 0 aliphatic carbocycles. The molecule has 19 heavy (non-hydrogen) atoms. The van der Waals surface area contributed by atoms with E-state index in [1.165, 1.54) is 0 Å². The highest BCUT2D eigenvalue weighted by Crippen LogP contribution is 2.35. The number of rotatable bonds is 4. The molecule has 0 unspecified atom stereocenters. The van der Waals surface area contributed by atoms with Crippen LogP contribution >= 0.6 is 0 Å². The highest BCUT2D eigenvalue weighted by Gasteiger charge is 2.10. The fraction of sp³-hybridized carbons (Fsp3) is 0.267. The van der Waals surface area contributed by atoms with Crippen LogP contribution < -0.4 is 15.2 Å². The molecule has 4 nitrogen and oxygen atoms in total. The summed E-state index contributed by atoms with van der Waals surface area (Å²) in [5.74, 6) is 1.90. The summed E-state index contributed by atoms with van der Waals surface area (Å²) in [6.07, 6.45) is 1.79. The van der Waals surface area contributed by atoms with Crippen LogP contribution in [-0.4, -0.2) is 11.1 Å². The van der Waals surface area contributed by atoms with Gasteiger partial charge in [0.2, 0.25) is 0 Å². The van der Waals surface area contributed by atoms with Crippen molar-refractivity contribution in [1.29, 1.82) is 0 Å². The molecule has 2 aromatic rings. The Bertz CT molecular complexity index is 568. The highest BCUT2D eigenvalue weighted by atomic mass is 16.5. The zero-order valence-corrected chi connectivity index (χ0v) is 11.4. The van der Waals surface area contributed by atoms with Crippen molar-refractivity contribution in [3.05, 3.63) is 42.2 Å². The highest BCUT2D eigenvalue weighted by molar-refractivity contribution is 5.63. The van der Waals surface area contributed by atoms with Gasteiger partial charge >= 0.3 is 0 Å². The standard InChI is InChI=1S/C15H18N2O2/c1-10(2)18-13-6-4-7-14(15(13)16)19-12-8-5-9-17-11(12)3/h4-10H,16H2,1-3H3. The van der Waals surface area contributed by atoms with Gasteiger partial charge in [0.25, 0.3) is 0 Å². The quantitative estimate of drug-likeness (QED) is 0.852. The maximum atomic E-state index is 6.06. The molecule has 0 aliphatic rings. The Hall–Kier alpha value is -2.23. The SMILES string of the molecule is Cc1ncccc1Oc1cccc(OC(C)C)c1N. The minimum atomic E-state index is 0.0673. The number of nitrogen functional groups attached to an aromatic ring is 1. The fourth-order valence-corrected chi connectivity index (χ4v) is 1.67. The molecule has 1 aromatic carbocycles. The molecule has 0 saturated heterocycles. The summed E-state index contributed by atoms with van der Waals surface area (Å²) in [5, 5.41) is 0. The predicted octanol–water partition coefficient (Wildman–Crippen LogP) is 3.55. The summed E-state index contributed by atoms with van der Waals surface area (Å²) >= 11 is 0. The van der Waals surface area contributed by atoms with Crippen LogP contribution in [0, 0.1) is 6.92 Å². The first-order valence-corrected chi connectivity index (χ1v) is 6.22. The second kappa shape index (κ2) is 5.61. The Morgan fingerprint density at radius 3 is 2.42 bits per heavy atom. The van der Waals surface area contributed by atoms with E-state index >= 15 is 0 Å². The first-order chi connectivity index (χ1) is 9.08. The van der Waals surface area contributed by atoms with Gasteiger partial charge < -0.3 is 15.2 Å². The summed E-state index contributed by atoms with van der Waals surface area (Å²) in [7, 11) is 0. The van der Waals surface area contributed by atoms with Crippen LogP contribution in [0.1, 0.15) is 19.5 Å². The predicted molar refractivity (Wildman–Crippen MR) is 75.7 cm³/mol. The van der Waals surface area contributed by atoms with Gasteiger partial charge in [0.05, 0.1) is 11.8 Å². The lowest BCUT2D eigenvalue weighted by Gasteiger charge is -2.15. The summed E-state index contributed by atoms with van der Waals surface area (Å²) in [4.78, 5) is 4.18. The molecule has 2 N–H and O–H groups in total. The molecule has 0 spiro atoms. The minimum Gasteiger partial charge on any atom is -0.489 e. The third-order valence-electron chi connectivity index (χ3n) is 2.57. The largest absolute Gasteiger partial charge is 0.489 e. The molecule has 0 bridgehead atoms. The molecule has 0 atom stereocenters. The van der Waals surface area contributed by atoms with E-state index in [0.29, 0.717) is 22.9 Å². The number of pyridine rings is 1. The summed E-state index contributed by atoms with van der Waals surface area (Å²) < 4.78 is 11.4. The van der Waals surface area contributed by atoms with Crippen molar-refractivity contribution in [2.45, 2.75) is 26.9 Å². The molecule has 0 radical (unpaired) electrons. The maximum absolute atomic E-state index is 6.06. The smallest absolute Gasteiger partial charge is 0.154 e. The lowest BCUT2D eigenvalue weighted by Crippen LogP contribution is -2.07. The Labute approximate surface area is 113 Å². The van der Waals surface area contributed by atoms with E-state index in [4.69, 9.17) is 15.2 Å². The van der Waals surface area contributed by atoms with Crippen LogP contribution in [0.2, 0.25) is 0 Å². The normalized spacial score (nSPS) is 10.5. The third-order valence-corrected chi connectivity index (χ3v) is 2.57. The number of nitrogens with two attached hydrogens (primary N) is 1. The number of benzene rings is 1. The number of ether oxygens (including phenoxy) is 2. The van der Waals surface area contributed by atoms with Crippen molar-refractivity contribution < 1.29 is 9.47 Å². The topological polar surface area (TPSA) is 57.4 Å². The summed E-state index contributed by atoms with van der Waals surface area (Å²) in [6, 6.07) is 9.19. The Morgan fingerprint density at radius 2 is 1.74 bits per heavy atom. The van der Waals surface area contributed by atoms with E-state index in [-0.39, 0.29) is 6.10 Å². The number of aromatic nitrogens is 1. The Balaban J connectivity index is 2.28. The van der Waals surface area contributed by atoms with E-state index in [1.807, 2.05) is 51.1 Å². The number of nitrogens with zero attached hydrogens (tertiary/aromatic N) is 1. The molecule has 100 valence electrons.